The number of halogens is 1. The van der Waals surface area contributed by atoms with Gasteiger partial charge in [0.05, 0.1) is 0 Å². The van der Waals surface area contributed by atoms with Gasteiger partial charge in [-0.15, -0.1) is 24.0 Å². The zero-order valence-corrected chi connectivity index (χ0v) is 12.7. The average molecular weight is 332 g/mol. The predicted molar refractivity (Wildman–Crippen MR) is 44.5 cm³/mol. The Kier molecular flexibility index (Phi) is 68.9. The van der Waals surface area contributed by atoms with Crippen LogP contribution >= 0.6 is 24.0 Å². The molecular weight excluding hydrogens is 329 g/mol. The van der Waals surface area contributed by atoms with E-state index in [1.165, 1.54) is 0 Å². The molecule has 0 spiro atoms. The summed E-state index contributed by atoms with van der Waals surface area (Å²) in [5.74, 6) is 0. The van der Waals surface area contributed by atoms with E-state index in [1.807, 2.05) is 0 Å². The second-order valence-corrected chi connectivity index (χ2v) is 2.05. The Morgan fingerprint density at radius 3 is 1.40 bits per heavy atom. The van der Waals surface area contributed by atoms with Gasteiger partial charge in [-0.2, -0.15) is 0 Å². The van der Waals surface area contributed by atoms with Gasteiger partial charge in [-0.1, -0.05) is 0 Å². The van der Waals surface area contributed by atoms with Crippen molar-refractivity contribution in [1.82, 2.24) is 0 Å². The van der Waals surface area contributed by atoms with E-state index in [0.717, 1.165) is 0 Å². The van der Waals surface area contributed by atoms with Gasteiger partial charge in [-0.25, -0.2) is 0 Å². The van der Waals surface area contributed by atoms with E-state index in [2.05, 4.69) is 2.84 Å². The summed E-state index contributed by atoms with van der Waals surface area (Å²) in [6.45, 7) is 0. The minimum atomic E-state index is -1.42. The third kappa shape index (κ3) is 48.4. The summed E-state index contributed by atoms with van der Waals surface area (Å²) in [5.41, 5.74) is 0. The van der Waals surface area contributed by atoms with Gasteiger partial charge in [0.25, 0.3) is 0 Å². The van der Waals surface area contributed by atoms with Gasteiger partial charge in [0.1, 0.15) is 0 Å². The van der Waals surface area contributed by atoms with Crippen molar-refractivity contribution >= 4 is 102 Å². The Labute approximate surface area is 122 Å². The number of hydrogen-bond donors (Lipinski definition) is 0. The van der Waals surface area contributed by atoms with E-state index >= 15 is 0 Å². The summed E-state index contributed by atoms with van der Waals surface area (Å²) < 4.78 is 39.1. The Bertz CT molecular complexity index is 104. The van der Waals surface area contributed by atoms with Gasteiger partial charge in [-0.05, 0) is 0 Å². The topological polar surface area (TPSA) is 77.5 Å². The van der Waals surface area contributed by atoms with Crippen molar-refractivity contribution in [3.05, 3.63) is 0 Å². The molecule has 0 aliphatic heterocycles. The van der Waals surface area contributed by atoms with Gasteiger partial charge < -0.3 is 2.85 Å². The van der Waals surface area contributed by atoms with Crippen molar-refractivity contribution in [1.29, 1.82) is 0 Å². The van der Waals surface area contributed by atoms with Crippen LogP contribution in [0.4, 0.5) is 0 Å². The van der Waals surface area contributed by atoms with Crippen LogP contribution in [0.3, 0.4) is 0 Å². The summed E-state index contributed by atoms with van der Waals surface area (Å²) in [6, 6.07) is 0. The van der Waals surface area contributed by atoms with E-state index in [4.69, 9.17) is 8.92 Å². The molecule has 0 heterocycles. The molecule has 0 aromatic rings. The second-order valence-electron chi connectivity index (χ2n) is 0.412. The molecular formula is H3Al2CaIO5Si. The van der Waals surface area contributed by atoms with Crippen LogP contribution in [-0.4, -0.2) is 78.0 Å². The molecule has 0 unspecified atom stereocenters. The van der Waals surface area contributed by atoms with E-state index in [1.54, 1.807) is 0 Å². The van der Waals surface area contributed by atoms with Gasteiger partial charge in [0.15, 0.2) is 0 Å². The fourth-order valence-corrected chi connectivity index (χ4v) is 0.204. The monoisotopic (exact) mass is 332 g/mol. The molecule has 0 radical (unpaired) electrons. The molecule has 0 aromatic carbocycles. The maximum absolute atomic E-state index is 9.21. The summed E-state index contributed by atoms with van der Waals surface area (Å²) in [7, 11) is -1.42. The van der Waals surface area contributed by atoms with E-state index in [9.17, 15) is 7.61 Å². The van der Waals surface area contributed by atoms with Crippen molar-refractivity contribution in [2.45, 2.75) is 0 Å². The molecule has 0 amide bonds. The number of hydrogen-bond acceptors (Lipinski definition) is 5. The quantitative estimate of drug-likeness (QED) is 0.468. The van der Waals surface area contributed by atoms with Crippen molar-refractivity contribution < 1.29 is 22.2 Å². The second kappa shape index (κ2) is 30.2. The summed E-state index contributed by atoms with van der Waals surface area (Å²) in [6.07, 6.45) is 0. The van der Waals surface area contributed by atoms with Crippen molar-refractivity contribution in [3.8, 4) is 0 Å². The molecule has 0 saturated heterocycles. The average Bonchev–Trinajstić information content (AvgIpc) is 1.71. The van der Waals surface area contributed by atoms with Crippen LogP contribution in [0.2, 0.25) is 0 Å². The van der Waals surface area contributed by atoms with Crippen LogP contribution in [0.5, 0.6) is 0 Å². The summed E-state index contributed by atoms with van der Waals surface area (Å²) in [4.78, 5) is 0. The van der Waals surface area contributed by atoms with Gasteiger partial charge in [0, 0.05) is 0 Å². The third-order valence-corrected chi connectivity index (χ3v) is 1.00. The van der Waals surface area contributed by atoms with Crippen molar-refractivity contribution in [2.75, 3.05) is 0 Å². The Morgan fingerprint density at radius 2 is 1.40 bits per heavy atom. The molecule has 0 bridgehead atoms. The molecule has 10 heteroatoms. The minimum absolute atomic E-state index is 0. The molecule has 0 saturated carbocycles. The fourth-order valence-electron chi connectivity index (χ4n) is 0.0227. The molecule has 52 valence electrons. The first-order valence-corrected chi connectivity index (χ1v) is 4.05. The molecule has 0 N–H and O–H groups in total. The Morgan fingerprint density at radius 1 is 1.20 bits per heavy atom. The third-order valence-electron chi connectivity index (χ3n) is 0.111. The van der Waals surface area contributed by atoms with E-state index in [0.29, 0.717) is 0 Å². The molecule has 5 nitrogen and oxygen atoms in total. The first kappa shape index (κ1) is 22.8. The predicted octanol–water partition coefficient (Wildman–Crippen LogP) is -1.22. The number of rotatable bonds is 2. The fraction of sp³-hybridized carbons (Fsp3) is 0. The summed E-state index contributed by atoms with van der Waals surface area (Å²) in [5, 5.41) is 0. The van der Waals surface area contributed by atoms with Crippen molar-refractivity contribution in [2.24, 2.45) is 0 Å². The van der Waals surface area contributed by atoms with Crippen LogP contribution in [0.1, 0.15) is 2.85 Å². The van der Waals surface area contributed by atoms with Crippen LogP contribution in [-0.2, 0) is 19.4 Å². The van der Waals surface area contributed by atoms with Crippen LogP contribution in [0.15, 0.2) is 0 Å². The van der Waals surface area contributed by atoms with Crippen LogP contribution < -0.4 is 0 Å². The van der Waals surface area contributed by atoms with Gasteiger partial charge >= 0.3 is 88.5 Å². The Hall–Kier alpha value is 2.27. The van der Waals surface area contributed by atoms with E-state index in [-0.39, 0.29) is 64.6 Å². The molecule has 0 aromatic heterocycles. The van der Waals surface area contributed by atoms with Crippen LogP contribution in [0.25, 0.3) is 0 Å². The molecule has 0 aliphatic carbocycles. The first-order chi connectivity index (χ1) is 3.83. The molecule has 0 rings (SSSR count). The van der Waals surface area contributed by atoms with Gasteiger partial charge in [0.2, 0.25) is 0 Å². The zero-order chi connectivity index (χ0) is 6.83. The normalized spacial score (nSPS) is 2.80. The molecule has 0 atom stereocenters. The van der Waals surface area contributed by atoms with E-state index < -0.39 is 40.3 Å². The summed E-state index contributed by atoms with van der Waals surface area (Å²) >= 11 is -2.48. The standard InChI is InChI=1S/2Al.Ca.HI.O2Si.3O.2H/c;;;;1-3-2;;;;;/h;;;1H;;;;;;/q;;+2;;;;;;2*-1. The van der Waals surface area contributed by atoms with Gasteiger partial charge in [-0.3, -0.25) is 8.92 Å². The first-order valence-electron chi connectivity index (χ1n) is 1.35. The van der Waals surface area contributed by atoms with Crippen LogP contribution in [0, 0.1) is 0 Å². The Balaban J connectivity index is -0.0000000119. The molecule has 10 heavy (non-hydrogen) atoms. The molecule has 0 aliphatic rings. The molecule has 0 fully saturated rings. The van der Waals surface area contributed by atoms with Crippen molar-refractivity contribution in [3.63, 3.8) is 0 Å². The maximum atomic E-state index is 9.21. The zero-order valence-electron chi connectivity index (χ0n) is 6.81. The SMILES string of the molecule is I.O=[Si]=O.[Ca+2].[H-].[H-].[O]=[Al][O][Al]=[O].